The Hall–Kier alpha value is -2.51. The summed E-state index contributed by atoms with van der Waals surface area (Å²) in [7, 11) is 0. The fraction of sp³-hybridized carbons (Fsp3) is 0.385. The predicted octanol–water partition coefficient (Wildman–Crippen LogP) is 1.53. The van der Waals surface area contributed by atoms with Crippen molar-refractivity contribution in [3.8, 4) is 0 Å². The minimum absolute atomic E-state index is 0.0101. The van der Waals surface area contributed by atoms with E-state index in [1.807, 2.05) is 0 Å². The van der Waals surface area contributed by atoms with E-state index in [1.165, 1.54) is 4.90 Å². The van der Waals surface area contributed by atoms with E-state index in [-0.39, 0.29) is 24.6 Å². The van der Waals surface area contributed by atoms with Crippen molar-refractivity contribution in [1.29, 1.82) is 0 Å². The van der Waals surface area contributed by atoms with Gasteiger partial charge in [0.05, 0.1) is 16.9 Å². The van der Waals surface area contributed by atoms with E-state index in [1.54, 1.807) is 6.92 Å². The van der Waals surface area contributed by atoms with Crippen molar-refractivity contribution >= 4 is 17.6 Å². The molecule has 0 saturated carbocycles. The summed E-state index contributed by atoms with van der Waals surface area (Å²) in [5.41, 5.74) is -0.855. The average Bonchev–Trinajstić information content (AvgIpc) is 2.80. The van der Waals surface area contributed by atoms with Gasteiger partial charge in [-0.05, 0) is 18.1 Å². The minimum atomic E-state index is -1.01. The van der Waals surface area contributed by atoms with Gasteiger partial charge in [-0.2, -0.15) is 0 Å². The molecule has 1 aromatic rings. The summed E-state index contributed by atoms with van der Waals surface area (Å²) in [5.74, 6) is -3.42. The number of benzene rings is 1. The molecule has 0 spiro atoms. The van der Waals surface area contributed by atoms with E-state index in [0.29, 0.717) is 6.07 Å². The number of nitro benzene ring substituents is 1. The van der Waals surface area contributed by atoms with Gasteiger partial charge in [-0.1, -0.05) is 6.92 Å². The molecule has 1 fully saturated rings. The van der Waals surface area contributed by atoms with Crippen LogP contribution in [0.5, 0.6) is 0 Å². The summed E-state index contributed by atoms with van der Waals surface area (Å²) in [6.45, 7) is 1.89. The van der Waals surface area contributed by atoms with Crippen molar-refractivity contribution in [2.24, 2.45) is 11.8 Å². The Morgan fingerprint density at radius 1 is 1.43 bits per heavy atom. The summed E-state index contributed by atoms with van der Waals surface area (Å²) >= 11 is 0. The van der Waals surface area contributed by atoms with Crippen molar-refractivity contribution in [2.75, 3.05) is 13.1 Å². The zero-order chi connectivity index (χ0) is 15.7. The van der Waals surface area contributed by atoms with Crippen LogP contribution in [0.2, 0.25) is 0 Å². The van der Waals surface area contributed by atoms with Crippen LogP contribution in [0, 0.1) is 27.8 Å². The van der Waals surface area contributed by atoms with Gasteiger partial charge < -0.3 is 10.0 Å². The molecule has 2 rings (SSSR count). The third kappa shape index (κ3) is 2.83. The smallest absolute Gasteiger partial charge is 0.308 e. The summed E-state index contributed by atoms with van der Waals surface area (Å²) < 4.78 is 13.1. The molecule has 1 N–H and O–H groups in total. The maximum atomic E-state index is 13.1. The number of carbonyl (C=O) groups is 2. The maximum Gasteiger partial charge on any atom is 0.308 e. The molecule has 7 nitrogen and oxygen atoms in total. The van der Waals surface area contributed by atoms with E-state index >= 15 is 0 Å². The van der Waals surface area contributed by atoms with E-state index < -0.39 is 34.2 Å². The molecule has 1 aromatic carbocycles. The number of rotatable bonds is 3. The zero-order valence-corrected chi connectivity index (χ0v) is 11.2. The Morgan fingerprint density at radius 3 is 2.62 bits per heavy atom. The highest BCUT2D eigenvalue weighted by Gasteiger charge is 2.38. The topological polar surface area (TPSA) is 101 Å². The molecule has 1 heterocycles. The second kappa shape index (κ2) is 5.47. The second-order valence-corrected chi connectivity index (χ2v) is 5.05. The molecule has 1 saturated heterocycles. The molecular weight excluding hydrogens is 283 g/mol. The highest BCUT2D eigenvalue weighted by Crippen LogP contribution is 2.27. The van der Waals surface area contributed by atoms with Gasteiger partial charge in [-0.25, -0.2) is 4.39 Å². The van der Waals surface area contributed by atoms with Crippen LogP contribution in [0.15, 0.2) is 18.2 Å². The average molecular weight is 296 g/mol. The number of nitro groups is 1. The number of hydrogen-bond acceptors (Lipinski definition) is 4. The van der Waals surface area contributed by atoms with Gasteiger partial charge in [-0.15, -0.1) is 0 Å². The first kappa shape index (κ1) is 14.9. The van der Waals surface area contributed by atoms with E-state index in [4.69, 9.17) is 5.11 Å². The van der Waals surface area contributed by atoms with Crippen molar-refractivity contribution in [3.05, 3.63) is 39.7 Å². The molecule has 0 unspecified atom stereocenters. The molecule has 112 valence electrons. The van der Waals surface area contributed by atoms with Crippen molar-refractivity contribution in [1.82, 2.24) is 4.90 Å². The lowest BCUT2D eigenvalue weighted by atomic mass is 9.99. The molecular formula is C13H13FN2O5. The lowest BCUT2D eigenvalue weighted by molar-refractivity contribution is -0.385. The molecule has 0 bridgehead atoms. The quantitative estimate of drug-likeness (QED) is 0.673. The summed E-state index contributed by atoms with van der Waals surface area (Å²) in [4.78, 5) is 34.7. The first-order valence-corrected chi connectivity index (χ1v) is 6.27. The number of nitrogens with zero attached hydrogens (tertiary/aromatic N) is 2. The number of aliphatic carboxylic acids is 1. The third-order valence-electron chi connectivity index (χ3n) is 3.60. The molecule has 1 aliphatic rings. The van der Waals surface area contributed by atoms with E-state index in [0.717, 1.165) is 12.1 Å². The van der Waals surface area contributed by atoms with E-state index in [2.05, 4.69) is 0 Å². The molecule has 8 heteroatoms. The normalized spacial score (nSPS) is 21.3. The van der Waals surface area contributed by atoms with Gasteiger partial charge in [0.2, 0.25) is 0 Å². The Morgan fingerprint density at radius 2 is 2.10 bits per heavy atom. The van der Waals surface area contributed by atoms with Crippen LogP contribution in [-0.4, -0.2) is 39.9 Å². The van der Waals surface area contributed by atoms with Crippen molar-refractivity contribution in [3.63, 3.8) is 0 Å². The Labute approximate surface area is 119 Å². The molecule has 0 aromatic heterocycles. The molecule has 21 heavy (non-hydrogen) atoms. The van der Waals surface area contributed by atoms with Crippen LogP contribution in [0.3, 0.4) is 0 Å². The molecule has 0 radical (unpaired) electrons. The lowest BCUT2D eigenvalue weighted by Gasteiger charge is -2.15. The van der Waals surface area contributed by atoms with Gasteiger partial charge in [-0.3, -0.25) is 19.7 Å². The SMILES string of the molecule is C[C@@H]1CN(C(=O)c2ccc(F)cc2[N+](=O)[O-])C[C@H]1C(=O)O. The van der Waals surface area contributed by atoms with Crippen LogP contribution < -0.4 is 0 Å². The largest absolute Gasteiger partial charge is 0.481 e. The maximum absolute atomic E-state index is 13.1. The van der Waals surface area contributed by atoms with Crippen molar-refractivity contribution < 1.29 is 24.0 Å². The molecule has 1 amide bonds. The van der Waals surface area contributed by atoms with Gasteiger partial charge in [0.1, 0.15) is 11.4 Å². The Bertz CT molecular complexity index is 619. The standard InChI is InChI=1S/C13H13FN2O5/c1-7-5-15(6-10(7)13(18)19)12(17)9-3-2-8(14)4-11(9)16(20)21/h2-4,7,10H,5-6H2,1H3,(H,18,19)/t7-,10-/m1/s1. The fourth-order valence-corrected chi connectivity index (χ4v) is 2.46. The Kier molecular flexibility index (Phi) is 3.88. The fourth-order valence-electron chi connectivity index (χ4n) is 2.46. The number of hydrogen-bond donors (Lipinski definition) is 1. The summed E-state index contributed by atoms with van der Waals surface area (Å²) in [5, 5.41) is 19.9. The van der Waals surface area contributed by atoms with Crippen LogP contribution in [0.1, 0.15) is 17.3 Å². The van der Waals surface area contributed by atoms with Crippen molar-refractivity contribution in [2.45, 2.75) is 6.92 Å². The number of halogens is 1. The molecule has 2 atom stereocenters. The van der Waals surface area contributed by atoms with Crippen LogP contribution in [-0.2, 0) is 4.79 Å². The van der Waals surface area contributed by atoms with Gasteiger partial charge in [0.15, 0.2) is 0 Å². The minimum Gasteiger partial charge on any atom is -0.481 e. The highest BCUT2D eigenvalue weighted by molar-refractivity contribution is 5.98. The van der Waals surface area contributed by atoms with Gasteiger partial charge >= 0.3 is 5.97 Å². The highest BCUT2D eigenvalue weighted by atomic mass is 19.1. The zero-order valence-electron chi connectivity index (χ0n) is 11.2. The number of likely N-dealkylation sites (tertiary alicyclic amines) is 1. The lowest BCUT2D eigenvalue weighted by Crippen LogP contribution is -2.30. The second-order valence-electron chi connectivity index (χ2n) is 5.05. The summed E-state index contributed by atoms with van der Waals surface area (Å²) in [6, 6.07) is 2.70. The van der Waals surface area contributed by atoms with Crippen LogP contribution in [0.25, 0.3) is 0 Å². The predicted molar refractivity (Wildman–Crippen MR) is 69.2 cm³/mol. The molecule has 0 aliphatic carbocycles. The van der Waals surface area contributed by atoms with Gasteiger partial charge in [0.25, 0.3) is 11.6 Å². The first-order valence-electron chi connectivity index (χ1n) is 6.27. The van der Waals surface area contributed by atoms with Crippen LogP contribution in [0.4, 0.5) is 10.1 Å². The number of carboxylic acid groups (broad SMARTS) is 1. The number of amides is 1. The molecule has 1 aliphatic heterocycles. The monoisotopic (exact) mass is 296 g/mol. The van der Waals surface area contributed by atoms with Crippen LogP contribution >= 0.6 is 0 Å². The number of carboxylic acids is 1. The number of carbonyl (C=O) groups excluding carboxylic acids is 1. The first-order chi connectivity index (χ1) is 9.81. The van der Waals surface area contributed by atoms with E-state index in [9.17, 15) is 24.1 Å². The Balaban J connectivity index is 2.30. The third-order valence-corrected chi connectivity index (χ3v) is 3.60. The van der Waals surface area contributed by atoms with Gasteiger partial charge in [0, 0.05) is 13.1 Å². The summed E-state index contributed by atoms with van der Waals surface area (Å²) in [6.07, 6.45) is 0.